The summed E-state index contributed by atoms with van der Waals surface area (Å²) in [5.41, 5.74) is 0.134. The van der Waals surface area contributed by atoms with Crippen molar-refractivity contribution in [2.75, 3.05) is 7.11 Å². The number of hydrogen-bond donors (Lipinski definition) is 0. The van der Waals surface area contributed by atoms with Gasteiger partial charge in [0.1, 0.15) is 0 Å². The van der Waals surface area contributed by atoms with Crippen LogP contribution in [0.1, 0.15) is 40.0 Å². The minimum absolute atomic E-state index is 0.134. The van der Waals surface area contributed by atoms with Gasteiger partial charge in [-0.15, -0.1) is 0 Å². The third-order valence-corrected chi connectivity index (χ3v) is 2.02. The Kier molecular flexibility index (Phi) is 3.87. The lowest BCUT2D eigenvalue weighted by molar-refractivity contribution is -0.00473. The predicted octanol–water partition coefficient (Wildman–Crippen LogP) is 2.60. The lowest BCUT2D eigenvalue weighted by Crippen LogP contribution is -2.25. The van der Waals surface area contributed by atoms with Crippen LogP contribution in [0.15, 0.2) is 0 Å². The summed E-state index contributed by atoms with van der Waals surface area (Å²) in [6.45, 7) is 6.52. The molecule has 0 radical (unpaired) electrons. The van der Waals surface area contributed by atoms with Crippen molar-refractivity contribution in [2.24, 2.45) is 0 Å². The number of rotatable bonds is 4. The van der Waals surface area contributed by atoms with Crippen molar-refractivity contribution in [3.63, 3.8) is 0 Å². The highest BCUT2D eigenvalue weighted by molar-refractivity contribution is 4.70. The SMILES string of the molecule is CCCC(C)(CC)OC. The zero-order valence-electron chi connectivity index (χ0n) is 7.03. The fourth-order valence-electron chi connectivity index (χ4n) is 0.952. The van der Waals surface area contributed by atoms with E-state index in [4.69, 9.17) is 4.74 Å². The molecule has 0 saturated heterocycles. The molecule has 0 N–H and O–H groups in total. The molecule has 0 aromatic rings. The highest BCUT2D eigenvalue weighted by atomic mass is 16.5. The molecule has 0 amide bonds. The van der Waals surface area contributed by atoms with Gasteiger partial charge in [-0.3, -0.25) is 0 Å². The van der Waals surface area contributed by atoms with Crippen LogP contribution in [0.2, 0.25) is 0 Å². The Labute approximate surface area is 58.4 Å². The molecule has 0 aliphatic rings. The van der Waals surface area contributed by atoms with Crippen molar-refractivity contribution in [2.45, 2.75) is 45.6 Å². The van der Waals surface area contributed by atoms with Gasteiger partial charge in [-0.25, -0.2) is 0 Å². The van der Waals surface area contributed by atoms with Crippen molar-refractivity contribution in [3.05, 3.63) is 0 Å². The minimum atomic E-state index is 0.134. The quantitative estimate of drug-likeness (QED) is 0.568. The maximum absolute atomic E-state index is 5.33. The van der Waals surface area contributed by atoms with E-state index in [-0.39, 0.29) is 5.60 Å². The van der Waals surface area contributed by atoms with Crippen LogP contribution in [-0.2, 0) is 4.74 Å². The Morgan fingerprint density at radius 3 is 2.00 bits per heavy atom. The number of methoxy groups -OCH3 is 1. The molecule has 0 heterocycles. The van der Waals surface area contributed by atoms with Crippen molar-refractivity contribution in [1.82, 2.24) is 0 Å². The maximum Gasteiger partial charge on any atom is 0.0648 e. The topological polar surface area (TPSA) is 9.23 Å². The fourth-order valence-corrected chi connectivity index (χ4v) is 0.952. The molecule has 0 rings (SSSR count). The molecule has 1 unspecified atom stereocenters. The molecule has 0 aromatic heterocycles. The molecule has 0 aromatic carbocycles. The van der Waals surface area contributed by atoms with Crippen LogP contribution in [0.4, 0.5) is 0 Å². The Hall–Kier alpha value is -0.0400. The minimum Gasteiger partial charge on any atom is -0.379 e. The van der Waals surface area contributed by atoms with Gasteiger partial charge in [-0.05, 0) is 19.8 Å². The normalized spacial score (nSPS) is 17.3. The first-order valence-corrected chi connectivity index (χ1v) is 3.73. The lowest BCUT2D eigenvalue weighted by atomic mass is 9.97. The molecule has 1 heteroatoms. The summed E-state index contributed by atoms with van der Waals surface area (Å²) in [4.78, 5) is 0. The molecule has 0 spiro atoms. The van der Waals surface area contributed by atoms with Crippen molar-refractivity contribution < 1.29 is 4.74 Å². The summed E-state index contributed by atoms with van der Waals surface area (Å²) in [6, 6.07) is 0. The van der Waals surface area contributed by atoms with Gasteiger partial charge in [0.05, 0.1) is 5.60 Å². The van der Waals surface area contributed by atoms with Crippen LogP contribution in [0.5, 0.6) is 0 Å². The van der Waals surface area contributed by atoms with Crippen LogP contribution in [0.25, 0.3) is 0 Å². The largest absolute Gasteiger partial charge is 0.379 e. The van der Waals surface area contributed by atoms with Crippen LogP contribution < -0.4 is 0 Å². The second kappa shape index (κ2) is 3.89. The van der Waals surface area contributed by atoms with Crippen LogP contribution >= 0.6 is 0 Å². The third-order valence-electron chi connectivity index (χ3n) is 2.02. The standard InChI is InChI=1S/C8H18O/c1-5-7-8(3,6-2)9-4/h5-7H2,1-4H3. The molecule has 0 aliphatic carbocycles. The average Bonchev–Trinajstić information content (AvgIpc) is 1.89. The van der Waals surface area contributed by atoms with Gasteiger partial charge >= 0.3 is 0 Å². The zero-order valence-corrected chi connectivity index (χ0v) is 7.03. The van der Waals surface area contributed by atoms with Gasteiger partial charge in [0.2, 0.25) is 0 Å². The summed E-state index contributed by atoms with van der Waals surface area (Å²) in [7, 11) is 1.79. The van der Waals surface area contributed by atoms with E-state index in [1.165, 1.54) is 12.8 Å². The Balaban J connectivity index is 3.62. The van der Waals surface area contributed by atoms with Crippen molar-refractivity contribution >= 4 is 0 Å². The van der Waals surface area contributed by atoms with Crippen LogP contribution in [-0.4, -0.2) is 12.7 Å². The molecule has 0 bridgehead atoms. The van der Waals surface area contributed by atoms with Crippen LogP contribution in [0, 0.1) is 0 Å². The molecule has 1 atom stereocenters. The highest BCUT2D eigenvalue weighted by Gasteiger charge is 2.18. The Morgan fingerprint density at radius 1 is 1.33 bits per heavy atom. The van der Waals surface area contributed by atoms with E-state index < -0.39 is 0 Å². The van der Waals surface area contributed by atoms with E-state index in [2.05, 4.69) is 20.8 Å². The molecule has 56 valence electrons. The second-order valence-electron chi connectivity index (χ2n) is 2.76. The van der Waals surface area contributed by atoms with Gasteiger partial charge in [0.25, 0.3) is 0 Å². The van der Waals surface area contributed by atoms with Gasteiger partial charge in [-0.1, -0.05) is 20.3 Å². The van der Waals surface area contributed by atoms with Crippen LogP contribution in [0.3, 0.4) is 0 Å². The summed E-state index contributed by atoms with van der Waals surface area (Å²) in [5, 5.41) is 0. The molecule has 0 saturated carbocycles. The zero-order chi connectivity index (χ0) is 7.33. The summed E-state index contributed by atoms with van der Waals surface area (Å²) in [5.74, 6) is 0. The van der Waals surface area contributed by atoms with Crippen molar-refractivity contribution in [3.8, 4) is 0 Å². The van der Waals surface area contributed by atoms with E-state index in [1.807, 2.05) is 0 Å². The summed E-state index contributed by atoms with van der Waals surface area (Å²) < 4.78 is 5.33. The average molecular weight is 130 g/mol. The molecular weight excluding hydrogens is 112 g/mol. The second-order valence-corrected chi connectivity index (χ2v) is 2.76. The number of ether oxygens (including phenoxy) is 1. The van der Waals surface area contributed by atoms with E-state index in [0.717, 1.165) is 6.42 Å². The van der Waals surface area contributed by atoms with Gasteiger partial charge in [0.15, 0.2) is 0 Å². The Morgan fingerprint density at radius 2 is 1.89 bits per heavy atom. The first-order chi connectivity index (χ1) is 4.18. The van der Waals surface area contributed by atoms with E-state index >= 15 is 0 Å². The van der Waals surface area contributed by atoms with E-state index in [0.29, 0.717) is 0 Å². The van der Waals surface area contributed by atoms with Gasteiger partial charge < -0.3 is 4.74 Å². The molecular formula is C8H18O. The molecule has 0 aliphatic heterocycles. The van der Waals surface area contributed by atoms with E-state index in [9.17, 15) is 0 Å². The maximum atomic E-state index is 5.33. The fraction of sp³-hybridized carbons (Fsp3) is 1.00. The molecule has 1 nitrogen and oxygen atoms in total. The molecule has 9 heavy (non-hydrogen) atoms. The Bertz CT molecular complexity index is 65.0. The monoisotopic (exact) mass is 130 g/mol. The highest BCUT2D eigenvalue weighted by Crippen LogP contribution is 2.19. The van der Waals surface area contributed by atoms with Gasteiger partial charge in [-0.2, -0.15) is 0 Å². The van der Waals surface area contributed by atoms with Crippen molar-refractivity contribution in [1.29, 1.82) is 0 Å². The predicted molar refractivity (Wildman–Crippen MR) is 40.6 cm³/mol. The first-order valence-electron chi connectivity index (χ1n) is 3.73. The smallest absolute Gasteiger partial charge is 0.0648 e. The molecule has 0 fully saturated rings. The third kappa shape index (κ3) is 2.85. The van der Waals surface area contributed by atoms with Gasteiger partial charge in [0, 0.05) is 7.11 Å². The number of hydrogen-bond acceptors (Lipinski definition) is 1. The summed E-state index contributed by atoms with van der Waals surface area (Å²) >= 11 is 0. The summed E-state index contributed by atoms with van der Waals surface area (Å²) in [6.07, 6.45) is 3.48. The lowest BCUT2D eigenvalue weighted by Gasteiger charge is -2.25. The first kappa shape index (κ1) is 8.96. The van der Waals surface area contributed by atoms with E-state index in [1.54, 1.807) is 7.11 Å².